The van der Waals surface area contributed by atoms with Gasteiger partial charge in [-0.1, -0.05) is 60.1 Å². The molecule has 0 aromatic rings. The predicted octanol–water partition coefficient (Wildman–Crippen LogP) is 7.44. The van der Waals surface area contributed by atoms with Crippen LogP contribution in [0.15, 0.2) is 11.6 Å². The van der Waals surface area contributed by atoms with Crippen LogP contribution in [-0.2, 0) is 9.59 Å². The number of hydrogen-bond donors (Lipinski definition) is 1. The molecular formula is C30H46O3. The zero-order valence-corrected chi connectivity index (χ0v) is 22.1. The van der Waals surface area contributed by atoms with E-state index < -0.39 is 11.4 Å². The Balaban J connectivity index is 1.65. The van der Waals surface area contributed by atoms with E-state index in [9.17, 15) is 14.7 Å². The maximum Gasteiger partial charge on any atom is 0.314 e. The quantitative estimate of drug-likeness (QED) is 0.419. The van der Waals surface area contributed by atoms with Crippen LogP contribution in [-0.4, -0.2) is 16.9 Å². The summed E-state index contributed by atoms with van der Waals surface area (Å²) in [5, 5.41) is 11.1. The van der Waals surface area contributed by atoms with Crippen LogP contribution in [0.25, 0.3) is 0 Å². The number of rotatable bonds is 1. The summed E-state index contributed by atoms with van der Waals surface area (Å²) >= 11 is 0. The van der Waals surface area contributed by atoms with E-state index in [1.54, 1.807) is 0 Å². The van der Waals surface area contributed by atoms with Crippen LogP contribution >= 0.6 is 0 Å². The number of fused-ring (bicyclic) bond motifs is 7. The summed E-state index contributed by atoms with van der Waals surface area (Å²) in [6, 6.07) is 0. The van der Waals surface area contributed by atoms with Crippen molar-refractivity contribution in [1.82, 2.24) is 0 Å². The maximum atomic E-state index is 13.5. The number of allylic oxidation sites excluding steroid dienone is 1. The molecule has 0 aromatic heterocycles. The highest BCUT2D eigenvalue weighted by atomic mass is 16.4. The number of ketones is 1. The van der Waals surface area contributed by atoms with Crippen molar-refractivity contribution >= 4 is 11.8 Å². The lowest BCUT2D eigenvalue weighted by Crippen LogP contribution is -2.66. The summed E-state index contributed by atoms with van der Waals surface area (Å²) in [7, 11) is 0. The van der Waals surface area contributed by atoms with Gasteiger partial charge in [-0.3, -0.25) is 9.59 Å². The van der Waals surface area contributed by atoms with Crippen molar-refractivity contribution in [2.24, 2.45) is 50.2 Å². The zero-order valence-electron chi connectivity index (χ0n) is 22.1. The Labute approximate surface area is 201 Å². The normalized spacial score (nSPS) is 50.2. The van der Waals surface area contributed by atoms with Gasteiger partial charge >= 0.3 is 5.97 Å². The highest BCUT2D eigenvalue weighted by molar-refractivity contribution is 5.86. The van der Waals surface area contributed by atoms with Gasteiger partial charge in [-0.25, -0.2) is 0 Å². The third-order valence-corrected chi connectivity index (χ3v) is 12.6. The number of Topliss-reactive ketones (excluding diaryl/α,β-unsaturated/α-hetero) is 1. The minimum Gasteiger partial charge on any atom is -0.481 e. The van der Waals surface area contributed by atoms with E-state index >= 15 is 0 Å². The fraction of sp³-hybridized carbons (Fsp3) is 0.867. The Hall–Kier alpha value is -1.12. The number of aliphatic carboxylic acids is 1. The minimum absolute atomic E-state index is 0.0292. The van der Waals surface area contributed by atoms with Gasteiger partial charge in [-0.2, -0.15) is 0 Å². The molecule has 0 aromatic carbocycles. The van der Waals surface area contributed by atoms with E-state index in [1.165, 1.54) is 18.4 Å². The highest BCUT2D eigenvalue weighted by Crippen LogP contribution is 2.75. The van der Waals surface area contributed by atoms with Crippen LogP contribution in [0, 0.1) is 50.2 Å². The third kappa shape index (κ3) is 2.80. The van der Waals surface area contributed by atoms with Gasteiger partial charge in [0.25, 0.3) is 0 Å². The topological polar surface area (TPSA) is 54.4 Å². The van der Waals surface area contributed by atoms with E-state index in [1.807, 2.05) is 0 Å². The lowest BCUT2D eigenvalue weighted by atomic mass is 9.33. The molecule has 3 heteroatoms. The predicted molar refractivity (Wildman–Crippen MR) is 132 cm³/mol. The molecule has 33 heavy (non-hydrogen) atoms. The standard InChI is InChI=1S/C30H46O3/c1-25(2)14-15-27(5)16-17-30(24(32)33)19(20(27)18-25)8-9-22-28(6)12-11-23(31)26(3,4)21(28)10-13-29(22,30)7/h8,20-22H,9-18H2,1-7H3,(H,32,33)/t20-,21?,22+,27+,28-,29+,30+/m0/s1. The van der Waals surface area contributed by atoms with Gasteiger partial charge in [-0.05, 0) is 97.2 Å². The molecular weight excluding hydrogens is 408 g/mol. The fourth-order valence-electron chi connectivity index (χ4n) is 10.4. The Morgan fingerprint density at radius 1 is 0.909 bits per heavy atom. The van der Waals surface area contributed by atoms with Gasteiger partial charge < -0.3 is 5.11 Å². The zero-order chi connectivity index (χ0) is 24.2. The molecule has 0 bridgehead atoms. The summed E-state index contributed by atoms with van der Waals surface area (Å²) in [4.78, 5) is 26.4. The van der Waals surface area contributed by atoms with Crippen LogP contribution < -0.4 is 0 Å². The van der Waals surface area contributed by atoms with E-state index in [0.717, 1.165) is 44.9 Å². The molecule has 0 saturated heterocycles. The Morgan fingerprint density at radius 2 is 1.58 bits per heavy atom. The van der Waals surface area contributed by atoms with Gasteiger partial charge in [-0.15, -0.1) is 0 Å². The number of carbonyl (C=O) groups is 2. The molecule has 0 radical (unpaired) electrons. The first-order valence-corrected chi connectivity index (χ1v) is 13.6. The van der Waals surface area contributed by atoms with Crippen LogP contribution in [0.5, 0.6) is 0 Å². The summed E-state index contributed by atoms with van der Waals surface area (Å²) < 4.78 is 0. The van der Waals surface area contributed by atoms with Gasteiger partial charge in [0.15, 0.2) is 0 Å². The number of carboxylic acids is 1. The SMILES string of the molecule is CC1(C)CC[C@]2(C)CC[C@]3(C(=O)O)C(=CC[C@@H]4[C@@]5(C)CCC(=O)C(C)(C)C5CC[C@]43C)[C@@H]2C1. The summed E-state index contributed by atoms with van der Waals surface area (Å²) in [5.41, 5.74) is 0.560. The molecule has 7 atom stereocenters. The van der Waals surface area contributed by atoms with Gasteiger partial charge in [0.2, 0.25) is 0 Å². The molecule has 4 saturated carbocycles. The van der Waals surface area contributed by atoms with Crippen molar-refractivity contribution < 1.29 is 14.7 Å². The maximum absolute atomic E-state index is 13.5. The summed E-state index contributed by atoms with van der Waals surface area (Å²) in [6.07, 6.45) is 12.3. The summed E-state index contributed by atoms with van der Waals surface area (Å²) in [6.45, 7) is 16.3. The number of carbonyl (C=O) groups excluding carboxylic acids is 1. The minimum atomic E-state index is -0.743. The molecule has 0 heterocycles. The lowest BCUT2D eigenvalue weighted by molar-refractivity contribution is -0.200. The van der Waals surface area contributed by atoms with Gasteiger partial charge in [0.1, 0.15) is 5.78 Å². The Morgan fingerprint density at radius 3 is 2.24 bits per heavy atom. The second-order valence-electron chi connectivity index (χ2n) is 14.9. The first kappa shape index (κ1) is 23.6. The van der Waals surface area contributed by atoms with Gasteiger partial charge in [0.05, 0.1) is 5.41 Å². The van der Waals surface area contributed by atoms with Crippen molar-refractivity contribution in [2.45, 2.75) is 113 Å². The molecule has 0 aliphatic heterocycles. The van der Waals surface area contributed by atoms with E-state index in [2.05, 4.69) is 54.5 Å². The van der Waals surface area contributed by atoms with Crippen LogP contribution in [0.2, 0.25) is 0 Å². The molecule has 0 amide bonds. The van der Waals surface area contributed by atoms with Crippen LogP contribution in [0.4, 0.5) is 0 Å². The average molecular weight is 455 g/mol. The molecule has 4 fully saturated rings. The molecule has 1 unspecified atom stereocenters. The molecule has 3 nitrogen and oxygen atoms in total. The third-order valence-electron chi connectivity index (χ3n) is 12.6. The smallest absolute Gasteiger partial charge is 0.314 e. The fourth-order valence-corrected chi connectivity index (χ4v) is 10.4. The second kappa shape index (κ2) is 6.76. The van der Waals surface area contributed by atoms with Gasteiger partial charge in [0, 0.05) is 11.8 Å². The molecule has 5 aliphatic rings. The van der Waals surface area contributed by atoms with Crippen molar-refractivity contribution in [3.8, 4) is 0 Å². The van der Waals surface area contributed by atoms with E-state index in [4.69, 9.17) is 0 Å². The van der Waals surface area contributed by atoms with Crippen LogP contribution in [0.3, 0.4) is 0 Å². The van der Waals surface area contributed by atoms with Crippen molar-refractivity contribution in [3.63, 3.8) is 0 Å². The number of carboxylic acid groups (broad SMARTS) is 1. The average Bonchev–Trinajstić information content (AvgIpc) is 2.71. The first-order valence-electron chi connectivity index (χ1n) is 13.6. The van der Waals surface area contributed by atoms with E-state index in [-0.39, 0.29) is 27.1 Å². The van der Waals surface area contributed by atoms with Crippen molar-refractivity contribution in [3.05, 3.63) is 11.6 Å². The largest absolute Gasteiger partial charge is 0.481 e. The molecule has 184 valence electrons. The molecule has 0 spiro atoms. The second-order valence-corrected chi connectivity index (χ2v) is 14.9. The Bertz CT molecular complexity index is 927. The monoisotopic (exact) mass is 454 g/mol. The lowest BCUT2D eigenvalue weighted by Gasteiger charge is -2.70. The molecule has 1 N–H and O–H groups in total. The molecule has 5 aliphatic carbocycles. The summed E-state index contributed by atoms with van der Waals surface area (Å²) in [5.74, 6) is 0.911. The Kier molecular flexibility index (Phi) is 4.83. The van der Waals surface area contributed by atoms with E-state index in [0.29, 0.717) is 30.0 Å². The van der Waals surface area contributed by atoms with Crippen molar-refractivity contribution in [1.29, 1.82) is 0 Å². The van der Waals surface area contributed by atoms with Crippen LogP contribution in [0.1, 0.15) is 113 Å². The first-order chi connectivity index (χ1) is 15.1. The number of hydrogen-bond acceptors (Lipinski definition) is 2. The highest BCUT2D eigenvalue weighted by Gasteiger charge is 2.71. The molecule has 5 rings (SSSR count). The van der Waals surface area contributed by atoms with Crippen molar-refractivity contribution in [2.75, 3.05) is 0 Å².